The number of hydrogen-bond acceptors (Lipinski definition) is 5. The van der Waals surface area contributed by atoms with E-state index in [1.807, 2.05) is 6.08 Å². The highest BCUT2D eigenvalue weighted by Gasteiger charge is 2.18. The number of amides is 1. The molecule has 6 heteroatoms. The van der Waals surface area contributed by atoms with Crippen LogP contribution in [0.25, 0.3) is 0 Å². The van der Waals surface area contributed by atoms with Gasteiger partial charge in [0, 0.05) is 12.8 Å². The molecule has 0 aromatic carbocycles. The molecule has 0 aliphatic carbocycles. The molecule has 454 valence electrons. The highest BCUT2D eigenvalue weighted by atomic mass is 16.5. The van der Waals surface area contributed by atoms with Gasteiger partial charge in [-0.05, 0) is 57.8 Å². The van der Waals surface area contributed by atoms with Gasteiger partial charge in [-0.2, -0.15) is 0 Å². The lowest BCUT2D eigenvalue weighted by Gasteiger charge is -2.20. The molecule has 0 heterocycles. The van der Waals surface area contributed by atoms with Gasteiger partial charge in [0.05, 0.1) is 25.4 Å². The number of unbranched alkanes of at least 4 members (excludes halogenated alkanes) is 50. The average molecular weight is 1080 g/mol. The van der Waals surface area contributed by atoms with E-state index in [0.717, 1.165) is 51.4 Å². The summed E-state index contributed by atoms with van der Waals surface area (Å²) in [6.07, 6.45) is 85.0. The first-order chi connectivity index (χ1) is 38.0. The molecule has 1 amide bonds. The molecule has 2 unspecified atom stereocenters. The fraction of sp³-hybridized carbons (Fsp3) is 0.887. The van der Waals surface area contributed by atoms with Gasteiger partial charge in [0.1, 0.15) is 0 Å². The summed E-state index contributed by atoms with van der Waals surface area (Å²) in [5.74, 6) is -0.0679. The predicted octanol–water partition coefficient (Wildman–Crippen LogP) is 22.3. The number of hydrogen-bond donors (Lipinski definition) is 3. The number of ether oxygens (including phenoxy) is 1. The molecule has 0 spiro atoms. The number of rotatable bonds is 65. The Kier molecular flexibility index (Phi) is 64.9. The van der Waals surface area contributed by atoms with E-state index in [-0.39, 0.29) is 18.5 Å². The number of carbonyl (C=O) groups excluding carboxylic acids is 2. The lowest BCUT2D eigenvalue weighted by Crippen LogP contribution is -2.45. The van der Waals surface area contributed by atoms with Gasteiger partial charge in [-0.15, -0.1) is 0 Å². The number of aliphatic hydroxyl groups excluding tert-OH is 2. The van der Waals surface area contributed by atoms with Crippen LogP contribution >= 0.6 is 0 Å². The summed E-state index contributed by atoms with van der Waals surface area (Å²) in [5, 5.41) is 23.3. The van der Waals surface area contributed by atoms with Gasteiger partial charge >= 0.3 is 5.97 Å². The van der Waals surface area contributed by atoms with Gasteiger partial charge in [0.15, 0.2) is 0 Å². The summed E-state index contributed by atoms with van der Waals surface area (Å²) >= 11 is 0. The van der Waals surface area contributed by atoms with Crippen molar-refractivity contribution in [3.05, 3.63) is 36.5 Å². The molecule has 2 atom stereocenters. The van der Waals surface area contributed by atoms with Crippen molar-refractivity contribution in [1.82, 2.24) is 5.32 Å². The highest BCUT2D eigenvalue weighted by molar-refractivity contribution is 5.76. The normalized spacial score (nSPS) is 12.7. The maximum atomic E-state index is 12.5. The SMILES string of the molecule is CCCC/C=C\C/C=C\CCCCCCCC(=O)OCCCCCCCCCCCCCCCCCCCCCCCC(=O)NC(CO)C(O)/C=C/CCCCCCCCCCCCCCCCCCCCCCCCC. The molecule has 77 heavy (non-hydrogen) atoms. The van der Waals surface area contributed by atoms with Crippen LogP contribution < -0.4 is 5.32 Å². The van der Waals surface area contributed by atoms with Crippen molar-refractivity contribution >= 4 is 11.9 Å². The zero-order chi connectivity index (χ0) is 55.7. The van der Waals surface area contributed by atoms with Crippen LogP contribution in [0, 0.1) is 0 Å². The first-order valence-corrected chi connectivity index (χ1v) is 34.8. The van der Waals surface area contributed by atoms with E-state index >= 15 is 0 Å². The Hall–Kier alpha value is -1.92. The van der Waals surface area contributed by atoms with Crippen LogP contribution in [0.1, 0.15) is 380 Å². The van der Waals surface area contributed by atoms with Crippen molar-refractivity contribution in [2.24, 2.45) is 0 Å². The Morgan fingerprint density at radius 3 is 1.03 bits per heavy atom. The van der Waals surface area contributed by atoms with Crippen LogP contribution in [0.2, 0.25) is 0 Å². The molecule has 0 aromatic rings. The van der Waals surface area contributed by atoms with Gasteiger partial charge in [-0.3, -0.25) is 9.59 Å². The number of nitrogens with one attached hydrogen (secondary N) is 1. The third kappa shape index (κ3) is 63.1. The smallest absolute Gasteiger partial charge is 0.305 e. The molecule has 6 nitrogen and oxygen atoms in total. The summed E-state index contributed by atoms with van der Waals surface area (Å²) in [5.41, 5.74) is 0. The van der Waals surface area contributed by atoms with Crippen molar-refractivity contribution in [3.63, 3.8) is 0 Å². The lowest BCUT2D eigenvalue weighted by atomic mass is 10.0. The summed E-state index contributed by atoms with van der Waals surface area (Å²) < 4.78 is 5.48. The van der Waals surface area contributed by atoms with Crippen LogP contribution in [0.15, 0.2) is 36.5 Å². The van der Waals surface area contributed by atoms with Gasteiger partial charge < -0.3 is 20.3 Å². The Morgan fingerprint density at radius 1 is 0.364 bits per heavy atom. The molecule has 0 radical (unpaired) electrons. The average Bonchev–Trinajstić information content (AvgIpc) is 3.43. The topological polar surface area (TPSA) is 95.9 Å². The molecule has 0 rings (SSSR count). The molecule has 0 aliphatic heterocycles. The third-order valence-corrected chi connectivity index (χ3v) is 16.2. The second-order valence-corrected chi connectivity index (χ2v) is 23.9. The second kappa shape index (κ2) is 66.6. The molecule has 0 aromatic heterocycles. The van der Waals surface area contributed by atoms with Gasteiger partial charge in [-0.25, -0.2) is 0 Å². The van der Waals surface area contributed by atoms with E-state index < -0.39 is 12.1 Å². The second-order valence-electron chi connectivity index (χ2n) is 23.9. The minimum atomic E-state index is -0.847. The van der Waals surface area contributed by atoms with E-state index in [0.29, 0.717) is 19.4 Å². The fourth-order valence-corrected chi connectivity index (χ4v) is 10.8. The molecule has 0 aliphatic rings. The summed E-state index contributed by atoms with van der Waals surface area (Å²) in [6.45, 7) is 4.89. The number of esters is 1. The Bertz CT molecular complexity index is 1250. The summed E-state index contributed by atoms with van der Waals surface area (Å²) in [4.78, 5) is 24.6. The van der Waals surface area contributed by atoms with Gasteiger partial charge in [-0.1, -0.05) is 346 Å². The van der Waals surface area contributed by atoms with Crippen molar-refractivity contribution in [1.29, 1.82) is 0 Å². The standard InChI is InChI=1S/C71H135NO5/c1-3-5-7-9-11-13-15-17-19-20-21-22-23-24-25-27-30-33-36-39-43-47-51-55-59-63-69(74)68(67-73)72-70(75)64-60-56-52-48-44-40-37-34-31-28-26-29-32-35-38-42-46-50-54-58-62-66-77-71(76)65-61-57-53-49-45-41-18-16-14-12-10-8-6-4-2/h10,12,16,18,59,63,68-69,73-74H,3-9,11,13-15,17,19-58,60-62,64-67H2,1-2H3,(H,72,75)/b12-10-,18-16-,63-59+. The molecule has 3 N–H and O–H groups in total. The molecule has 0 fully saturated rings. The van der Waals surface area contributed by atoms with E-state index in [1.54, 1.807) is 6.08 Å². The molecular formula is C71H135NO5. The van der Waals surface area contributed by atoms with Crippen LogP contribution in [0.5, 0.6) is 0 Å². The van der Waals surface area contributed by atoms with Crippen LogP contribution in [-0.4, -0.2) is 47.4 Å². The molecule has 0 saturated carbocycles. The molecule has 0 saturated heterocycles. The maximum absolute atomic E-state index is 12.5. The molecule has 0 bridgehead atoms. The van der Waals surface area contributed by atoms with E-state index in [2.05, 4.69) is 43.5 Å². The van der Waals surface area contributed by atoms with Crippen LogP contribution in [0.4, 0.5) is 0 Å². The van der Waals surface area contributed by atoms with E-state index in [9.17, 15) is 19.8 Å². The number of allylic oxidation sites excluding steroid dienone is 5. The first kappa shape index (κ1) is 75.1. The fourth-order valence-electron chi connectivity index (χ4n) is 10.8. The van der Waals surface area contributed by atoms with Crippen molar-refractivity contribution in [3.8, 4) is 0 Å². The minimum Gasteiger partial charge on any atom is -0.466 e. The number of aliphatic hydroxyl groups is 2. The maximum Gasteiger partial charge on any atom is 0.305 e. The van der Waals surface area contributed by atoms with Crippen molar-refractivity contribution in [2.75, 3.05) is 13.2 Å². The monoisotopic (exact) mass is 1080 g/mol. The Balaban J connectivity index is 3.42. The summed E-state index contributed by atoms with van der Waals surface area (Å²) in [6, 6.07) is -0.631. The van der Waals surface area contributed by atoms with Crippen molar-refractivity contribution in [2.45, 2.75) is 392 Å². The number of carbonyl (C=O) groups is 2. The van der Waals surface area contributed by atoms with Crippen LogP contribution in [0.3, 0.4) is 0 Å². The first-order valence-electron chi connectivity index (χ1n) is 34.8. The lowest BCUT2D eigenvalue weighted by molar-refractivity contribution is -0.143. The zero-order valence-electron chi connectivity index (χ0n) is 52.0. The van der Waals surface area contributed by atoms with Gasteiger partial charge in [0.25, 0.3) is 0 Å². The Morgan fingerprint density at radius 2 is 0.662 bits per heavy atom. The third-order valence-electron chi connectivity index (χ3n) is 16.2. The van der Waals surface area contributed by atoms with Crippen LogP contribution in [-0.2, 0) is 14.3 Å². The van der Waals surface area contributed by atoms with E-state index in [1.165, 1.54) is 302 Å². The zero-order valence-corrected chi connectivity index (χ0v) is 52.0. The molecular weight excluding hydrogens is 947 g/mol. The Labute approximate surface area is 481 Å². The van der Waals surface area contributed by atoms with Crippen molar-refractivity contribution < 1.29 is 24.5 Å². The minimum absolute atomic E-state index is 0.00268. The highest BCUT2D eigenvalue weighted by Crippen LogP contribution is 2.19. The van der Waals surface area contributed by atoms with Gasteiger partial charge in [0.2, 0.25) is 5.91 Å². The van der Waals surface area contributed by atoms with E-state index in [4.69, 9.17) is 4.74 Å². The quantitative estimate of drug-likeness (QED) is 0.0320. The largest absolute Gasteiger partial charge is 0.466 e. The predicted molar refractivity (Wildman–Crippen MR) is 338 cm³/mol. The summed E-state index contributed by atoms with van der Waals surface area (Å²) in [7, 11) is 0.